The molecule has 54 valence electrons. The normalized spacial score (nSPS) is 9.20. The van der Waals surface area contributed by atoms with Crippen LogP contribution < -0.4 is 0 Å². The van der Waals surface area contributed by atoms with Gasteiger partial charge >= 0.3 is 0 Å². The fourth-order valence-corrected chi connectivity index (χ4v) is 1.40. The minimum Gasteiger partial charge on any atom is -0.501 e. The highest BCUT2D eigenvalue weighted by molar-refractivity contribution is 7.07. The van der Waals surface area contributed by atoms with E-state index in [2.05, 4.69) is 23.4 Å². The Morgan fingerprint density at radius 2 is 2.60 bits per heavy atom. The van der Waals surface area contributed by atoms with Crippen LogP contribution in [0.2, 0.25) is 0 Å². The number of hydrogen-bond donors (Lipinski definition) is 0. The summed E-state index contributed by atoms with van der Waals surface area (Å²) in [6.07, 6.45) is 2.46. The Labute approximate surface area is 65.0 Å². The molecule has 0 atom stereocenters. The van der Waals surface area contributed by atoms with Gasteiger partial charge in [-0.15, -0.1) is 0 Å². The van der Waals surface area contributed by atoms with Crippen molar-refractivity contribution in [3.63, 3.8) is 0 Å². The van der Waals surface area contributed by atoms with Crippen molar-refractivity contribution < 1.29 is 4.74 Å². The monoisotopic (exact) mass is 154 g/mol. The maximum Gasteiger partial charge on any atom is 0.0913 e. The summed E-state index contributed by atoms with van der Waals surface area (Å²) in [6.45, 7) is 4.20. The Bertz CT molecular complexity index is 179. The van der Waals surface area contributed by atoms with E-state index in [9.17, 15) is 0 Å². The molecule has 0 radical (unpaired) electrons. The fourth-order valence-electron chi connectivity index (χ4n) is 0.695. The lowest BCUT2D eigenvalue weighted by Crippen LogP contribution is -1.90. The second kappa shape index (κ2) is 4.12. The van der Waals surface area contributed by atoms with Crippen molar-refractivity contribution in [1.29, 1.82) is 0 Å². The zero-order valence-electron chi connectivity index (χ0n) is 5.75. The molecule has 10 heavy (non-hydrogen) atoms. The Kier molecular flexibility index (Phi) is 3.03. The summed E-state index contributed by atoms with van der Waals surface area (Å²) in [7, 11) is 0. The number of rotatable bonds is 4. The molecule has 0 bridgehead atoms. The highest BCUT2D eigenvalue weighted by Gasteiger charge is 1.90. The second-order valence-corrected chi connectivity index (χ2v) is 2.70. The van der Waals surface area contributed by atoms with Gasteiger partial charge in [0.2, 0.25) is 0 Å². The van der Waals surface area contributed by atoms with E-state index >= 15 is 0 Å². The van der Waals surface area contributed by atoms with Gasteiger partial charge in [-0.05, 0) is 22.4 Å². The van der Waals surface area contributed by atoms with Crippen LogP contribution in [0.5, 0.6) is 0 Å². The maximum absolute atomic E-state index is 4.98. The van der Waals surface area contributed by atoms with Crippen molar-refractivity contribution in [2.75, 3.05) is 6.61 Å². The van der Waals surface area contributed by atoms with Gasteiger partial charge in [-0.25, -0.2) is 0 Å². The van der Waals surface area contributed by atoms with E-state index in [1.807, 2.05) is 0 Å². The molecule has 0 aromatic carbocycles. The van der Waals surface area contributed by atoms with E-state index in [1.165, 1.54) is 11.8 Å². The maximum atomic E-state index is 4.98. The summed E-state index contributed by atoms with van der Waals surface area (Å²) in [5, 5.41) is 4.20. The van der Waals surface area contributed by atoms with E-state index in [0.717, 1.165) is 13.0 Å². The molecule has 1 aromatic heterocycles. The molecular formula is C8H10OS. The summed E-state index contributed by atoms with van der Waals surface area (Å²) >= 11 is 1.72. The first-order chi connectivity index (χ1) is 4.93. The highest BCUT2D eigenvalue weighted by atomic mass is 32.1. The van der Waals surface area contributed by atoms with Crippen molar-refractivity contribution >= 4 is 11.3 Å². The summed E-state index contributed by atoms with van der Waals surface area (Å²) in [4.78, 5) is 0. The largest absolute Gasteiger partial charge is 0.501 e. The van der Waals surface area contributed by atoms with Crippen molar-refractivity contribution in [3.8, 4) is 0 Å². The zero-order valence-corrected chi connectivity index (χ0v) is 6.56. The van der Waals surface area contributed by atoms with Gasteiger partial charge in [-0.3, -0.25) is 0 Å². The molecule has 0 aliphatic rings. The van der Waals surface area contributed by atoms with Crippen molar-refractivity contribution in [1.82, 2.24) is 0 Å². The number of hydrogen-bond acceptors (Lipinski definition) is 2. The molecule has 0 fully saturated rings. The van der Waals surface area contributed by atoms with E-state index in [1.54, 1.807) is 11.3 Å². The van der Waals surface area contributed by atoms with Gasteiger partial charge in [0.25, 0.3) is 0 Å². The lowest BCUT2D eigenvalue weighted by molar-refractivity contribution is 0.255. The fraction of sp³-hybridized carbons (Fsp3) is 0.250. The molecule has 2 heteroatoms. The molecule has 0 spiro atoms. The molecule has 0 amide bonds. The Balaban J connectivity index is 2.21. The van der Waals surface area contributed by atoms with Crippen LogP contribution in [0.1, 0.15) is 5.56 Å². The van der Waals surface area contributed by atoms with Crippen LogP contribution in [-0.2, 0) is 11.2 Å². The topological polar surface area (TPSA) is 9.23 Å². The van der Waals surface area contributed by atoms with E-state index in [4.69, 9.17) is 4.74 Å². The third-order valence-electron chi connectivity index (χ3n) is 1.21. The predicted molar refractivity (Wildman–Crippen MR) is 44.2 cm³/mol. The Morgan fingerprint density at radius 3 is 3.20 bits per heavy atom. The van der Waals surface area contributed by atoms with Gasteiger partial charge < -0.3 is 4.74 Å². The van der Waals surface area contributed by atoms with Crippen LogP contribution in [0.3, 0.4) is 0 Å². The Hall–Kier alpha value is -0.760. The molecule has 0 unspecified atom stereocenters. The minimum absolute atomic E-state index is 0.736. The highest BCUT2D eigenvalue weighted by Crippen LogP contribution is 2.06. The summed E-state index contributed by atoms with van der Waals surface area (Å²) in [5.41, 5.74) is 1.34. The van der Waals surface area contributed by atoms with Crippen LogP contribution in [0, 0.1) is 0 Å². The van der Waals surface area contributed by atoms with Gasteiger partial charge in [0.1, 0.15) is 0 Å². The summed E-state index contributed by atoms with van der Waals surface area (Å²) in [6, 6.07) is 2.11. The zero-order chi connectivity index (χ0) is 7.23. The quantitative estimate of drug-likeness (QED) is 0.478. The standard InChI is InChI=1S/C8H10OS/c1-2-9-5-3-8-4-6-10-7-8/h2,4,6-7H,1,3,5H2. The van der Waals surface area contributed by atoms with Crippen molar-refractivity contribution in [3.05, 3.63) is 35.2 Å². The Morgan fingerprint density at radius 1 is 1.70 bits per heavy atom. The van der Waals surface area contributed by atoms with Crippen molar-refractivity contribution in [2.24, 2.45) is 0 Å². The predicted octanol–water partition coefficient (Wildman–Crippen LogP) is 2.45. The van der Waals surface area contributed by atoms with Crippen LogP contribution in [0.4, 0.5) is 0 Å². The number of ether oxygens (including phenoxy) is 1. The molecular weight excluding hydrogens is 144 g/mol. The van der Waals surface area contributed by atoms with E-state index < -0.39 is 0 Å². The molecule has 1 heterocycles. The first-order valence-corrected chi connectivity index (χ1v) is 4.11. The first-order valence-electron chi connectivity index (χ1n) is 3.17. The third kappa shape index (κ3) is 2.23. The van der Waals surface area contributed by atoms with Gasteiger partial charge in [-0.1, -0.05) is 6.58 Å². The van der Waals surface area contributed by atoms with Crippen molar-refractivity contribution in [2.45, 2.75) is 6.42 Å². The lowest BCUT2D eigenvalue weighted by Gasteiger charge is -1.96. The first kappa shape index (κ1) is 7.35. The van der Waals surface area contributed by atoms with Gasteiger partial charge in [0.05, 0.1) is 12.9 Å². The smallest absolute Gasteiger partial charge is 0.0913 e. The van der Waals surface area contributed by atoms with E-state index in [-0.39, 0.29) is 0 Å². The second-order valence-electron chi connectivity index (χ2n) is 1.92. The van der Waals surface area contributed by atoms with Gasteiger partial charge in [-0.2, -0.15) is 11.3 Å². The molecule has 0 saturated carbocycles. The van der Waals surface area contributed by atoms with Crippen LogP contribution >= 0.6 is 11.3 Å². The molecule has 0 aliphatic carbocycles. The molecule has 0 saturated heterocycles. The molecule has 0 aliphatic heterocycles. The van der Waals surface area contributed by atoms with Crippen LogP contribution in [-0.4, -0.2) is 6.61 Å². The summed E-state index contributed by atoms with van der Waals surface area (Å²) < 4.78 is 4.98. The lowest BCUT2D eigenvalue weighted by atomic mass is 10.3. The van der Waals surface area contributed by atoms with Gasteiger partial charge in [0, 0.05) is 6.42 Å². The molecule has 1 nitrogen and oxygen atoms in total. The van der Waals surface area contributed by atoms with Gasteiger partial charge in [0.15, 0.2) is 0 Å². The summed E-state index contributed by atoms with van der Waals surface area (Å²) in [5.74, 6) is 0. The van der Waals surface area contributed by atoms with Crippen LogP contribution in [0.15, 0.2) is 29.7 Å². The average Bonchev–Trinajstić information content (AvgIpc) is 2.41. The third-order valence-corrected chi connectivity index (χ3v) is 1.94. The molecule has 1 aromatic rings. The molecule has 0 N–H and O–H groups in total. The average molecular weight is 154 g/mol. The SMILES string of the molecule is C=COCCc1ccsc1. The molecule has 1 rings (SSSR count). The van der Waals surface area contributed by atoms with E-state index in [0.29, 0.717) is 0 Å². The number of thiophene rings is 1. The van der Waals surface area contributed by atoms with Crippen LogP contribution in [0.25, 0.3) is 0 Å². The minimum atomic E-state index is 0.736.